The predicted molar refractivity (Wildman–Crippen MR) is 53.4 cm³/mol. The maximum atomic E-state index is 2.16. The molecule has 0 spiro atoms. The molecule has 1 radical (unpaired) electrons. The van der Waals surface area contributed by atoms with Crippen LogP contribution >= 0.6 is 0 Å². The smallest absolute Gasteiger partial charge is 0 e. The monoisotopic (exact) mass is 217 g/mol. The van der Waals surface area contributed by atoms with E-state index in [-0.39, 0.29) is 16.8 Å². The first-order valence-electron chi connectivity index (χ1n) is 4.30. The van der Waals surface area contributed by atoms with E-state index >= 15 is 0 Å². The van der Waals surface area contributed by atoms with Gasteiger partial charge in [-0.1, -0.05) is 13.3 Å². The molecule has 0 saturated heterocycles. The van der Waals surface area contributed by atoms with Crippen molar-refractivity contribution in [3.8, 4) is 0 Å². The summed E-state index contributed by atoms with van der Waals surface area (Å²) in [7, 11) is 0. The first-order chi connectivity index (χ1) is 5.93. The minimum absolute atomic E-state index is 0. The molecule has 0 atom stereocenters. The van der Waals surface area contributed by atoms with Crippen molar-refractivity contribution >= 4 is 0 Å². The third-order valence-corrected chi connectivity index (χ3v) is 1.70. The summed E-state index contributed by atoms with van der Waals surface area (Å²) in [6.45, 7) is 2.16. The summed E-state index contributed by atoms with van der Waals surface area (Å²) in [6, 6.07) is 18.4. The molecule has 0 heterocycles. The molecule has 13 heavy (non-hydrogen) atoms. The van der Waals surface area contributed by atoms with Gasteiger partial charge in [-0.15, -0.1) is 0 Å². The second-order valence-electron chi connectivity index (χ2n) is 2.61. The molecule has 0 amide bonds. The Morgan fingerprint density at radius 2 is 1.31 bits per heavy atom. The van der Waals surface area contributed by atoms with E-state index in [0.717, 1.165) is 6.42 Å². The van der Waals surface area contributed by atoms with Crippen LogP contribution in [0.5, 0.6) is 0 Å². The molecule has 0 nitrogen and oxygen atoms in total. The zero-order chi connectivity index (χ0) is 8.65. The summed E-state index contributed by atoms with van der Waals surface area (Å²) < 4.78 is 0. The molecule has 0 aliphatic heterocycles. The summed E-state index contributed by atoms with van der Waals surface area (Å²) in [5.41, 5.74) is 1.43. The molecule has 0 unspecified atom stereocenters. The van der Waals surface area contributed by atoms with Gasteiger partial charge in [0, 0.05) is 16.8 Å². The van der Waals surface area contributed by atoms with Crippen LogP contribution in [0.25, 0.3) is 0 Å². The zero-order valence-corrected chi connectivity index (χ0v) is 8.78. The van der Waals surface area contributed by atoms with Crippen LogP contribution in [0, 0.1) is 0 Å². The Morgan fingerprint density at radius 3 is 1.54 bits per heavy atom. The summed E-state index contributed by atoms with van der Waals surface area (Å²) in [5, 5.41) is 0. The van der Waals surface area contributed by atoms with Gasteiger partial charge in [-0.05, 0) is 0 Å². The zero-order valence-electron chi connectivity index (χ0n) is 7.74. The minimum Gasteiger partial charge on any atom is -0.748 e. The maximum absolute atomic E-state index is 2.16. The maximum Gasteiger partial charge on any atom is 0 e. The van der Waals surface area contributed by atoms with Gasteiger partial charge in [0.15, 0.2) is 0 Å². The van der Waals surface area contributed by atoms with Crippen molar-refractivity contribution in [1.82, 2.24) is 0 Å². The number of rotatable bonds is 1. The molecule has 0 aliphatic carbocycles. The van der Waals surface area contributed by atoms with Gasteiger partial charge in [0.2, 0.25) is 0 Å². The normalized spacial score (nSPS) is 8.08. The van der Waals surface area contributed by atoms with E-state index in [1.54, 1.807) is 0 Å². The molecular formula is C12H14Co-6. The molecule has 0 aliphatic rings. The van der Waals surface area contributed by atoms with Gasteiger partial charge in [-0.25, -0.2) is 12.1 Å². The van der Waals surface area contributed by atoms with Crippen LogP contribution in [0.1, 0.15) is 12.5 Å². The molecule has 0 fully saturated rings. The van der Waals surface area contributed by atoms with Gasteiger partial charge >= 0.3 is 0 Å². The minimum atomic E-state index is 0. The molecule has 77 valence electrons. The topological polar surface area (TPSA) is 0 Å². The largest absolute Gasteiger partial charge is 0.748 e. The number of hydrogen-bond donors (Lipinski definition) is 0. The molecular weight excluding hydrogens is 203 g/mol. The molecule has 0 aromatic heterocycles. The number of aryl methyl sites for hydroxylation is 1. The van der Waals surface area contributed by atoms with Gasteiger partial charge < -0.3 is 30.3 Å². The van der Waals surface area contributed by atoms with Gasteiger partial charge in [-0.3, -0.25) is 0 Å². The molecule has 0 bridgehead atoms. The first-order valence-corrected chi connectivity index (χ1v) is 4.30. The van der Waals surface area contributed by atoms with Crippen LogP contribution in [0.4, 0.5) is 0 Å². The van der Waals surface area contributed by atoms with Crippen LogP contribution in [-0.4, -0.2) is 0 Å². The summed E-state index contributed by atoms with van der Waals surface area (Å²) >= 11 is 0. The first kappa shape index (κ1) is 12.2. The Labute approximate surface area is 90.5 Å². The van der Waals surface area contributed by atoms with E-state index in [1.165, 1.54) is 5.56 Å². The molecule has 2 rings (SSSR count). The summed E-state index contributed by atoms with van der Waals surface area (Å²) in [6.07, 6.45) is 1.16. The second kappa shape index (κ2) is 7.84. The summed E-state index contributed by atoms with van der Waals surface area (Å²) in [5.74, 6) is 0. The Kier molecular flexibility index (Phi) is 7.36. The SMILES string of the molecule is CC[c-]1cccc1.[Co].[cH-]1[cH-][cH-][cH-][cH-]1. The molecule has 0 saturated carbocycles. The van der Waals surface area contributed by atoms with Crippen molar-refractivity contribution < 1.29 is 16.8 Å². The van der Waals surface area contributed by atoms with E-state index in [9.17, 15) is 0 Å². The van der Waals surface area contributed by atoms with Crippen LogP contribution in [-0.2, 0) is 23.2 Å². The van der Waals surface area contributed by atoms with Crippen molar-refractivity contribution in [3.05, 3.63) is 60.2 Å². The van der Waals surface area contributed by atoms with Gasteiger partial charge in [0.25, 0.3) is 0 Å². The standard InChI is InChI=1S/C7H9.C5H5.Co/c1-2-7-5-3-4-6-7;1-2-4-5-3-1;/h3-6H,2H2,1H3;1-5H;/q-1;-5;. The Bertz CT molecular complexity index is 236. The van der Waals surface area contributed by atoms with Crippen molar-refractivity contribution in [2.75, 3.05) is 0 Å². The van der Waals surface area contributed by atoms with Gasteiger partial charge in [0.1, 0.15) is 0 Å². The number of hydrogen-bond acceptors (Lipinski definition) is 0. The van der Waals surface area contributed by atoms with Crippen molar-refractivity contribution in [3.63, 3.8) is 0 Å². The molecule has 1 heteroatoms. The van der Waals surface area contributed by atoms with E-state index in [0.29, 0.717) is 0 Å². The fourth-order valence-corrected chi connectivity index (χ4v) is 0.970. The van der Waals surface area contributed by atoms with Crippen molar-refractivity contribution in [1.29, 1.82) is 0 Å². The Morgan fingerprint density at radius 1 is 0.923 bits per heavy atom. The average molecular weight is 217 g/mol. The Balaban J connectivity index is 0.000000215. The Hall–Kier alpha value is -0.794. The van der Waals surface area contributed by atoms with Crippen LogP contribution < -0.4 is 0 Å². The fraction of sp³-hybridized carbons (Fsp3) is 0.167. The van der Waals surface area contributed by atoms with Crippen LogP contribution in [0.2, 0.25) is 0 Å². The predicted octanol–water partition coefficient (Wildman–Crippen LogP) is 3.37. The van der Waals surface area contributed by atoms with Crippen molar-refractivity contribution in [2.45, 2.75) is 13.3 Å². The van der Waals surface area contributed by atoms with Gasteiger partial charge in [0.05, 0.1) is 0 Å². The third kappa shape index (κ3) is 5.45. The third-order valence-electron chi connectivity index (χ3n) is 1.70. The van der Waals surface area contributed by atoms with Crippen LogP contribution in [0.15, 0.2) is 54.6 Å². The van der Waals surface area contributed by atoms with E-state index in [2.05, 4.69) is 31.2 Å². The summed E-state index contributed by atoms with van der Waals surface area (Å²) in [4.78, 5) is 0. The molecule has 2 aromatic rings. The second-order valence-corrected chi connectivity index (χ2v) is 2.61. The fourth-order valence-electron chi connectivity index (χ4n) is 0.970. The average Bonchev–Trinajstić information content (AvgIpc) is 2.81. The molecule has 2 aromatic carbocycles. The van der Waals surface area contributed by atoms with Crippen LogP contribution in [0.3, 0.4) is 0 Å². The van der Waals surface area contributed by atoms with Crippen molar-refractivity contribution in [2.24, 2.45) is 0 Å². The quantitative estimate of drug-likeness (QED) is 0.642. The molecule has 0 N–H and O–H groups in total. The van der Waals surface area contributed by atoms with E-state index in [1.807, 2.05) is 30.3 Å². The van der Waals surface area contributed by atoms with E-state index < -0.39 is 0 Å². The van der Waals surface area contributed by atoms with E-state index in [4.69, 9.17) is 0 Å². The van der Waals surface area contributed by atoms with Gasteiger partial charge in [-0.2, -0.15) is 17.7 Å².